The molecule has 1 saturated carbocycles. The number of aromatic nitrogens is 2. The fourth-order valence-corrected chi connectivity index (χ4v) is 3.33. The summed E-state index contributed by atoms with van der Waals surface area (Å²) in [6, 6.07) is 0.485. The Morgan fingerprint density at radius 3 is 2.80 bits per heavy atom. The van der Waals surface area contributed by atoms with Gasteiger partial charge in [-0.2, -0.15) is 5.10 Å². The van der Waals surface area contributed by atoms with E-state index in [9.17, 15) is 0 Å². The second kappa shape index (κ2) is 5.73. The molecule has 1 aliphatic rings. The van der Waals surface area contributed by atoms with Gasteiger partial charge in [0.05, 0.1) is 11.3 Å². The summed E-state index contributed by atoms with van der Waals surface area (Å²) in [5, 5.41) is 16.6. The van der Waals surface area contributed by atoms with E-state index >= 15 is 0 Å². The molecule has 0 radical (unpaired) electrons. The molecule has 6 heteroatoms. The van der Waals surface area contributed by atoms with Gasteiger partial charge in [-0.15, -0.1) is 0 Å². The molecule has 0 aliphatic heterocycles. The fraction of sp³-hybridized carbons (Fsp3) is 0.714. The van der Waals surface area contributed by atoms with Gasteiger partial charge in [0, 0.05) is 20.1 Å². The quantitative estimate of drug-likeness (QED) is 0.383. The van der Waals surface area contributed by atoms with E-state index in [0.29, 0.717) is 6.04 Å². The van der Waals surface area contributed by atoms with Crippen molar-refractivity contribution in [3.05, 3.63) is 11.3 Å². The molecular weight excluding hydrogens is 254 g/mol. The number of hydrogen-bond acceptors (Lipinski definition) is 4. The molecule has 1 heterocycles. The Kier molecular flexibility index (Phi) is 4.20. The van der Waals surface area contributed by atoms with Crippen molar-refractivity contribution in [2.24, 2.45) is 23.9 Å². The van der Waals surface area contributed by atoms with Crippen LogP contribution in [0.15, 0.2) is 5.16 Å². The molecule has 1 aromatic heterocycles. The summed E-state index contributed by atoms with van der Waals surface area (Å²) in [5.74, 6) is 1.80. The van der Waals surface area contributed by atoms with Crippen molar-refractivity contribution >= 4 is 11.7 Å². The van der Waals surface area contributed by atoms with Crippen molar-refractivity contribution < 1.29 is 5.21 Å². The minimum atomic E-state index is 0.126. The van der Waals surface area contributed by atoms with Crippen LogP contribution in [0, 0.1) is 12.8 Å². The number of hydrogen-bond donors (Lipinski definition) is 2. The largest absolute Gasteiger partial charge is 0.409 e. The molecule has 0 spiro atoms. The number of aryl methyl sites for hydroxylation is 2. The van der Waals surface area contributed by atoms with Crippen LogP contribution >= 0.6 is 0 Å². The first-order chi connectivity index (χ1) is 9.45. The Bertz CT molecular complexity index is 508. The summed E-state index contributed by atoms with van der Waals surface area (Å²) in [6.07, 6.45) is 4.92. The lowest BCUT2D eigenvalue weighted by Gasteiger charge is -2.35. The van der Waals surface area contributed by atoms with E-state index in [2.05, 4.69) is 29.1 Å². The van der Waals surface area contributed by atoms with Crippen molar-refractivity contribution in [3.8, 4) is 0 Å². The molecule has 2 unspecified atom stereocenters. The van der Waals surface area contributed by atoms with Gasteiger partial charge in [-0.05, 0) is 25.7 Å². The van der Waals surface area contributed by atoms with E-state index in [1.807, 2.05) is 18.7 Å². The minimum Gasteiger partial charge on any atom is -0.409 e. The molecule has 0 saturated heterocycles. The predicted octanol–water partition coefficient (Wildman–Crippen LogP) is 1.84. The lowest BCUT2D eigenvalue weighted by molar-refractivity contribution is 0.318. The lowest BCUT2D eigenvalue weighted by Crippen LogP contribution is -2.37. The topological polar surface area (TPSA) is 79.7 Å². The van der Waals surface area contributed by atoms with Gasteiger partial charge >= 0.3 is 0 Å². The first-order valence-corrected chi connectivity index (χ1v) is 7.20. The Balaban J connectivity index is 2.36. The number of nitrogens with two attached hydrogens (primary N) is 1. The molecule has 1 aromatic rings. The zero-order chi connectivity index (χ0) is 14.9. The van der Waals surface area contributed by atoms with Crippen molar-refractivity contribution in [3.63, 3.8) is 0 Å². The van der Waals surface area contributed by atoms with Crippen molar-refractivity contribution in [1.29, 1.82) is 0 Å². The molecule has 6 nitrogen and oxygen atoms in total. The number of rotatable bonds is 3. The summed E-state index contributed by atoms with van der Waals surface area (Å²) in [7, 11) is 3.98. The van der Waals surface area contributed by atoms with Crippen LogP contribution in [-0.2, 0) is 7.05 Å². The molecule has 2 rings (SSSR count). The number of nitrogens with zero attached hydrogens (tertiary/aromatic N) is 4. The fourth-order valence-electron chi connectivity index (χ4n) is 3.33. The first-order valence-electron chi connectivity index (χ1n) is 7.20. The summed E-state index contributed by atoms with van der Waals surface area (Å²) >= 11 is 0. The second-order valence-corrected chi connectivity index (χ2v) is 5.93. The van der Waals surface area contributed by atoms with Crippen LogP contribution in [0.5, 0.6) is 0 Å². The van der Waals surface area contributed by atoms with Crippen LogP contribution in [0.4, 0.5) is 5.82 Å². The van der Waals surface area contributed by atoms with Gasteiger partial charge in [-0.3, -0.25) is 4.68 Å². The Morgan fingerprint density at radius 2 is 2.20 bits per heavy atom. The smallest absolute Gasteiger partial charge is 0.175 e. The third-order valence-electron chi connectivity index (χ3n) is 4.35. The van der Waals surface area contributed by atoms with Gasteiger partial charge in [-0.25, -0.2) is 0 Å². The number of amidine groups is 1. The summed E-state index contributed by atoms with van der Waals surface area (Å²) in [4.78, 5) is 2.24. The van der Waals surface area contributed by atoms with Gasteiger partial charge in [0.1, 0.15) is 5.82 Å². The summed E-state index contributed by atoms with van der Waals surface area (Å²) in [6.45, 7) is 4.19. The molecule has 112 valence electrons. The molecule has 2 atom stereocenters. The van der Waals surface area contributed by atoms with Gasteiger partial charge in [0.2, 0.25) is 0 Å². The third kappa shape index (κ3) is 2.59. The Labute approximate surface area is 120 Å². The van der Waals surface area contributed by atoms with Crippen LogP contribution in [0.3, 0.4) is 0 Å². The SMILES string of the molecule is Cc1nn(C)c(N(C)C2CCCC(C)C2)c1C(N)=NO. The Morgan fingerprint density at radius 1 is 1.50 bits per heavy atom. The highest BCUT2D eigenvalue weighted by Crippen LogP contribution is 2.31. The van der Waals surface area contributed by atoms with E-state index < -0.39 is 0 Å². The van der Waals surface area contributed by atoms with E-state index in [4.69, 9.17) is 10.9 Å². The molecule has 20 heavy (non-hydrogen) atoms. The Hall–Kier alpha value is -1.72. The van der Waals surface area contributed by atoms with Gasteiger partial charge in [0.15, 0.2) is 5.84 Å². The van der Waals surface area contributed by atoms with Crippen molar-refractivity contribution in [2.75, 3.05) is 11.9 Å². The van der Waals surface area contributed by atoms with Crippen molar-refractivity contribution in [2.45, 2.75) is 45.6 Å². The highest BCUT2D eigenvalue weighted by molar-refractivity contribution is 6.02. The van der Waals surface area contributed by atoms with Crippen LogP contribution in [0.25, 0.3) is 0 Å². The molecule has 0 amide bonds. The molecule has 3 N–H and O–H groups in total. The predicted molar refractivity (Wildman–Crippen MR) is 80.3 cm³/mol. The standard InChI is InChI=1S/C14H25N5O/c1-9-6-5-7-11(8-9)18(3)14-12(13(15)17-20)10(2)16-19(14)4/h9,11,20H,5-8H2,1-4H3,(H2,15,17). The molecule has 0 bridgehead atoms. The van der Waals surface area contributed by atoms with Crippen molar-refractivity contribution in [1.82, 2.24) is 9.78 Å². The van der Waals surface area contributed by atoms with E-state index in [1.165, 1.54) is 25.7 Å². The third-order valence-corrected chi connectivity index (χ3v) is 4.35. The van der Waals surface area contributed by atoms with Crippen LogP contribution in [-0.4, -0.2) is 33.9 Å². The maximum absolute atomic E-state index is 8.99. The number of oxime groups is 1. The van der Waals surface area contributed by atoms with Crippen LogP contribution in [0.1, 0.15) is 43.9 Å². The monoisotopic (exact) mass is 279 g/mol. The van der Waals surface area contributed by atoms with Crippen LogP contribution < -0.4 is 10.6 Å². The summed E-state index contributed by atoms with van der Waals surface area (Å²) in [5.41, 5.74) is 7.34. The van der Waals surface area contributed by atoms with Gasteiger partial charge in [-0.1, -0.05) is 24.9 Å². The van der Waals surface area contributed by atoms with Gasteiger partial charge < -0.3 is 15.8 Å². The van der Waals surface area contributed by atoms with E-state index in [-0.39, 0.29) is 5.84 Å². The number of anilines is 1. The molecule has 0 aromatic carbocycles. The highest BCUT2D eigenvalue weighted by Gasteiger charge is 2.28. The maximum atomic E-state index is 8.99. The summed E-state index contributed by atoms with van der Waals surface area (Å²) < 4.78 is 1.82. The average Bonchev–Trinajstić information content (AvgIpc) is 2.71. The van der Waals surface area contributed by atoms with E-state index in [1.54, 1.807) is 0 Å². The average molecular weight is 279 g/mol. The molecule has 1 fully saturated rings. The maximum Gasteiger partial charge on any atom is 0.175 e. The zero-order valence-corrected chi connectivity index (χ0v) is 12.8. The van der Waals surface area contributed by atoms with Gasteiger partial charge in [0.25, 0.3) is 0 Å². The van der Waals surface area contributed by atoms with E-state index in [0.717, 1.165) is 23.0 Å². The molecule has 1 aliphatic carbocycles. The van der Waals surface area contributed by atoms with Crippen LogP contribution in [0.2, 0.25) is 0 Å². The first kappa shape index (κ1) is 14.7. The molecular formula is C14H25N5O. The lowest BCUT2D eigenvalue weighted by atomic mass is 9.86. The highest BCUT2D eigenvalue weighted by atomic mass is 16.4. The normalized spacial score (nSPS) is 23.9. The zero-order valence-electron chi connectivity index (χ0n) is 12.8. The minimum absolute atomic E-state index is 0.126. The second-order valence-electron chi connectivity index (χ2n) is 5.93.